The van der Waals surface area contributed by atoms with Crippen LogP contribution in [0.15, 0.2) is 41.8 Å². The Morgan fingerprint density at radius 1 is 1.35 bits per heavy atom. The summed E-state index contributed by atoms with van der Waals surface area (Å²) in [6.07, 6.45) is 3.00. The molecule has 126 valence electrons. The molecule has 1 atom stereocenters. The average Bonchev–Trinajstić information content (AvgIpc) is 2.95. The summed E-state index contributed by atoms with van der Waals surface area (Å²) in [6, 6.07) is 6.99. The van der Waals surface area contributed by atoms with Crippen molar-refractivity contribution in [3.8, 4) is 0 Å². The van der Waals surface area contributed by atoms with Crippen LogP contribution in [0.25, 0.3) is 0 Å². The van der Waals surface area contributed by atoms with Gasteiger partial charge in [0.2, 0.25) is 0 Å². The van der Waals surface area contributed by atoms with Gasteiger partial charge in [0.05, 0.1) is 12.4 Å². The Labute approximate surface area is 146 Å². The Morgan fingerprint density at radius 2 is 2.09 bits per heavy atom. The maximum atomic E-state index is 12.9. The lowest BCUT2D eigenvalue weighted by molar-refractivity contribution is 0.271. The van der Waals surface area contributed by atoms with Gasteiger partial charge in [-0.2, -0.15) is 4.31 Å². The minimum atomic E-state index is -3.65. The van der Waals surface area contributed by atoms with Crippen LogP contribution in [0.3, 0.4) is 0 Å². The first-order chi connectivity index (χ1) is 10.5. The molecule has 6 nitrogen and oxygen atoms in total. The Bertz CT molecular complexity index is 779. The molecule has 1 aromatic heterocycles. The zero-order valence-corrected chi connectivity index (χ0v) is 14.9. The molecule has 1 N–H and O–H groups in total. The van der Waals surface area contributed by atoms with Crippen molar-refractivity contribution in [2.45, 2.75) is 11.1 Å². The Kier molecular flexibility index (Phi) is 5.70. The van der Waals surface area contributed by atoms with Crippen molar-refractivity contribution in [2.24, 2.45) is 7.05 Å². The number of rotatable bonds is 3. The number of hydrogen-bond acceptors (Lipinski definition) is 4. The highest BCUT2D eigenvalue weighted by atomic mass is 35.5. The molecule has 2 heterocycles. The van der Waals surface area contributed by atoms with Gasteiger partial charge in [0, 0.05) is 37.9 Å². The number of nitrogens with one attached hydrogen (secondary N) is 1. The molecule has 0 radical (unpaired) electrons. The first kappa shape index (κ1) is 18.2. The fourth-order valence-electron chi connectivity index (χ4n) is 2.63. The lowest BCUT2D eigenvalue weighted by Gasteiger charge is -2.35. The fraction of sp³-hybridized carbons (Fsp3) is 0.357. The Morgan fingerprint density at radius 3 is 2.74 bits per heavy atom. The molecule has 0 saturated carbocycles. The van der Waals surface area contributed by atoms with Crippen LogP contribution >= 0.6 is 24.0 Å². The van der Waals surface area contributed by atoms with E-state index in [2.05, 4.69) is 10.3 Å². The maximum absolute atomic E-state index is 12.9. The van der Waals surface area contributed by atoms with E-state index in [1.807, 2.05) is 18.2 Å². The van der Waals surface area contributed by atoms with Gasteiger partial charge in [-0.3, -0.25) is 0 Å². The van der Waals surface area contributed by atoms with Crippen molar-refractivity contribution < 1.29 is 8.42 Å². The van der Waals surface area contributed by atoms with E-state index >= 15 is 0 Å². The number of nitrogens with zero attached hydrogens (tertiary/aromatic N) is 3. The highest BCUT2D eigenvalue weighted by molar-refractivity contribution is 7.89. The third-order valence-electron chi connectivity index (χ3n) is 3.71. The van der Waals surface area contributed by atoms with E-state index in [0.29, 0.717) is 24.7 Å². The lowest BCUT2D eigenvalue weighted by atomic mass is 10.1. The number of aryl methyl sites for hydroxylation is 1. The minimum absolute atomic E-state index is 0. The molecule has 0 amide bonds. The molecule has 1 unspecified atom stereocenters. The summed E-state index contributed by atoms with van der Waals surface area (Å²) in [7, 11) is -1.91. The number of hydrogen-bond donors (Lipinski definition) is 1. The van der Waals surface area contributed by atoms with Gasteiger partial charge in [0.25, 0.3) is 10.0 Å². The van der Waals surface area contributed by atoms with Crippen molar-refractivity contribution in [1.82, 2.24) is 19.2 Å². The van der Waals surface area contributed by atoms with E-state index in [0.717, 1.165) is 5.56 Å². The highest BCUT2D eigenvalue weighted by Gasteiger charge is 2.36. The maximum Gasteiger partial charge on any atom is 0.262 e. The molecule has 23 heavy (non-hydrogen) atoms. The normalized spacial score (nSPS) is 19.3. The van der Waals surface area contributed by atoms with Crippen molar-refractivity contribution >= 4 is 34.0 Å². The topological polar surface area (TPSA) is 67.2 Å². The monoisotopic (exact) mass is 376 g/mol. The van der Waals surface area contributed by atoms with E-state index in [1.165, 1.54) is 16.8 Å². The molecule has 1 saturated heterocycles. The van der Waals surface area contributed by atoms with Crippen molar-refractivity contribution in [3.05, 3.63) is 47.4 Å². The molecule has 0 spiro atoms. The second kappa shape index (κ2) is 7.19. The summed E-state index contributed by atoms with van der Waals surface area (Å²) in [6.45, 7) is 1.51. The van der Waals surface area contributed by atoms with Crippen LogP contribution in [0.1, 0.15) is 11.6 Å². The van der Waals surface area contributed by atoms with Crippen LogP contribution < -0.4 is 5.32 Å². The Hall–Kier alpha value is -1.12. The quantitative estimate of drug-likeness (QED) is 0.886. The first-order valence-electron chi connectivity index (χ1n) is 6.95. The van der Waals surface area contributed by atoms with Gasteiger partial charge in [0.15, 0.2) is 5.03 Å². The predicted molar refractivity (Wildman–Crippen MR) is 91.4 cm³/mol. The van der Waals surface area contributed by atoms with Crippen LogP contribution in [0.4, 0.5) is 0 Å². The van der Waals surface area contributed by atoms with Gasteiger partial charge in [-0.1, -0.05) is 29.8 Å². The smallest absolute Gasteiger partial charge is 0.262 e. The van der Waals surface area contributed by atoms with Crippen LogP contribution in [-0.4, -0.2) is 41.9 Å². The summed E-state index contributed by atoms with van der Waals surface area (Å²) < 4.78 is 28.9. The highest BCUT2D eigenvalue weighted by Crippen LogP contribution is 2.32. The third-order valence-corrected chi connectivity index (χ3v) is 5.85. The number of sulfonamides is 1. The summed E-state index contributed by atoms with van der Waals surface area (Å²) >= 11 is 6.25. The van der Waals surface area contributed by atoms with Gasteiger partial charge < -0.3 is 9.88 Å². The molecular weight excluding hydrogens is 359 g/mol. The minimum Gasteiger partial charge on any atom is -0.339 e. The number of piperazine rings is 1. The van der Waals surface area contributed by atoms with Crippen LogP contribution in [0, 0.1) is 0 Å². The zero-order chi connectivity index (χ0) is 15.7. The van der Waals surface area contributed by atoms with Crippen LogP contribution in [0.5, 0.6) is 0 Å². The van der Waals surface area contributed by atoms with Gasteiger partial charge in [-0.05, 0) is 11.6 Å². The number of imidazole rings is 1. The van der Waals surface area contributed by atoms with Crippen molar-refractivity contribution in [3.63, 3.8) is 0 Å². The molecule has 9 heteroatoms. The summed E-state index contributed by atoms with van der Waals surface area (Å²) in [5.74, 6) is 0. The fourth-order valence-corrected chi connectivity index (χ4v) is 4.46. The van der Waals surface area contributed by atoms with E-state index in [1.54, 1.807) is 17.7 Å². The SMILES string of the molecule is Cl.Cn1cnc(S(=O)(=O)N2CCNCC2c2ccccc2Cl)c1. The summed E-state index contributed by atoms with van der Waals surface area (Å²) in [4.78, 5) is 3.99. The third kappa shape index (κ3) is 3.54. The second-order valence-electron chi connectivity index (χ2n) is 5.23. The Balaban J connectivity index is 0.00000192. The van der Waals surface area contributed by atoms with Gasteiger partial charge in [-0.25, -0.2) is 13.4 Å². The second-order valence-corrected chi connectivity index (χ2v) is 7.48. The van der Waals surface area contributed by atoms with E-state index in [4.69, 9.17) is 11.6 Å². The molecule has 1 aliphatic heterocycles. The number of halogens is 2. The molecule has 0 aliphatic carbocycles. The molecule has 1 aromatic carbocycles. The lowest BCUT2D eigenvalue weighted by Crippen LogP contribution is -2.48. The standard InChI is InChI=1S/C14H17ClN4O2S.ClH/c1-18-9-14(17-10-18)22(20,21)19-7-6-16-8-13(19)11-4-2-3-5-12(11)15;/h2-5,9-10,13,16H,6-8H2,1H3;1H. The molecule has 1 fully saturated rings. The molecular formula is C14H18Cl2N4O2S. The average molecular weight is 377 g/mol. The van der Waals surface area contributed by atoms with E-state index in [9.17, 15) is 8.42 Å². The number of aromatic nitrogens is 2. The molecule has 1 aliphatic rings. The van der Waals surface area contributed by atoms with E-state index < -0.39 is 10.0 Å². The first-order valence-corrected chi connectivity index (χ1v) is 8.77. The summed E-state index contributed by atoms with van der Waals surface area (Å²) in [5.41, 5.74) is 0.802. The van der Waals surface area contributed by atoms with Crippen molar-refractivity contribution in [2.75, 3.05) is 19.6 Å². The van der Waals surface area contributed by atoms with Gasteiger partial charge >= 0.3 is 0 Å². The molecule has 3 rings (SSSR count). The largest absolute Gasteiger partial charge is 0.339 e. The van der Waals surface area contributed by atoms with Crippen molar-refractivity contribution in [1.29, 1.82) is 0 Å². The molecule has 2 aromatic rings. The van der Waals surface area contributed by atoms with E-state index in [-0.39, 0.29) is 23.5 Å². The molecule has 0 bridgehead atoms. The summed E-state index contributed by atoms with van der Waals surface area (Å²) in [5, 5.41) is 3.86. The van der Waals surface area contributed by atoms with Gasteiger partial charge in [0.1, 0.15) is 0 Å². The number of benzene rings is 1. The van der Waals surface area contributed by atoms with Crippen LogP contribution in [-0.2, 0) is 17.1 Å². The van der Waals surface area contributed by atoms with Crippen LogP contribution in [0.2, 0.25) is 5.02 Å². The van der Waals surface area contributed by atoms with Gasteiger partial charge in [-0.15, -0.1) is 12.4 Å². The zero-order valence-electron chi connectivity index (χ0n) is 12.5. The predicted octanol–water partition coefficient (Wildman–Crippen LogP) is 1.83.